The Balaban J connectivity index is 1.13. The summed E-state index contributed by atoms with van der Waals surface area (Å²) in [6.45, 7) is 1.91. The monoisotopic (exact) mass is 631 g/mol. The van der Waals surface area contributed by atoms with Gasteiger partial charge in [0, 0.05) is 17.0 Å². The molecule has 0 bridgehead atoms. The number of benzene rings is 3. The summed E-state index contributed by atoms with van der Waals surface area (Å²) in [5.74, 6) is 0.491. The minimum Gasteiger partial charge on any atom is -0.322 e. The first-order chi connectivity index (χ1) is 18.8. The molecular weight excluding hydrogens is 613 g/mol. The Labute approximate surface area is 250 Å². The van der Waals surface area contributed by atoms with Gasteiger partial charge in [0.05, 0.1) is 26.0 Å². The lowest BCUT2D eigenvalue weighted by Gasteiger charge is -2.07. The number of aromatic nitrogens is 3. The van der Waals surface area contributed by atoms with Crippen LogP contribution in [-0.4, -0.2) is 32.7 Å². The number of amides is 2. The molecule has 5 aromatic rings. The van der Waals surface area contributed by atoms with Crippen molar-refractivity contribution in [2.75, 3.05) is 16.4 Å². The van der Waals surface area contributed by atoms with Gasteiger partial charge in [-0.05, 0) is 54.4 Å². The molecule has 2 heterocycles. The second-order valence-electron chi connectivity index (χ2n) is 8.18. The van der Waals surface area contributed by atoms with Gasteiger partial charge in [-0.3, -0.25) is 14.9 Å². The van der Waals surface area contributed by atoms with Gasteiger partial charge in [-0.15, -0.1) is 21.5 Å². The molecule has 5 rings (SSSR count). The normalized spacial score (nSPS) is 11.1. The van der Waals surface area contributed by atoms with E-state index in [1.807, 2.05) is 55.5 Å². The molecule has 2 aromatic heterocycles. The van der Waals surface area contributed by atoms with E-state index in [2.05, 4.69) is 25.8 Å². The molecule has 7 nitrogen and oxygen atoms in total. The minimum atomic E-state index is -0.192. The van der Waals surface area contributed by atoms with Crippen molar-refractivity contribution >= 4 is 102 Å². The Morgan fingerprint density at radius 3 is 2.56 bits per heavy atom. The number of anilines is 2. The Bertz CT molecular complexity index is 1670. The molecule has 0 saturated carbocycles. The van der Waals surface area contributed by atoms with Crippen LogP contribution in [0.3, 0.4) is 0 Å². The average molecular weight is 633 g/mol. The van der Waals surface area contributed by atoms with E-state index in [1.165, 1.54) is 46.2 Å². The van der Waals surface area contributed by atoms with Crippen molar-refractivity contribution in [3.8, 4) is 0 Å². The lowest BCUT2D eigenvalue weighted by atomic mass is 10.1. The van der Waals surface area contributed by atoms with E-state index in [4.69, 9.17) is 23.2 Å². The zero-order chi connectivity index (χ0) is 27.4. The topological polar surface area (TPSA) is 96.9 Å². The summed E-state index contributed by atoms with van der Waals surface area (Å²) in [6.07, 6.45) is 0. The van der Waals surface area contributed by atoms with Crippen LogP contribution in [0.25, 0.3) is 10.2 Å². The number of hydrogen-bond donors (Lipinski definition) is 2. The molecule has 0 fully saturated rings. The zero-order valence-corrected chi connectivity index (χ0v) is 25.0. The number of fused-ring (bicyclic) bond motifs is 1. The zero-order valence-electron chi connectivity index (χ0n) is 20.2. The van der Waals surface area contributed by atoms with Crippen LogP contribution in [0.1, 0.15) is 21.5 Å². The van der Waals surface area contributed by atoms with Crippen molar-refractivity contribution in [2.45, 2.75) is 21.4 Å². The van der Waals surface area contributed by atoms with E-state index in [0.29, 0.717) is 32.2 Å². The number of thioether (sulfide) groups is 2. The third-order valence-corrected chi connectivity index (χ3v) is 10.3. The van der Waals surface area contributed by atoms with Crippen molar-refractivity contribution in [3.05, 3.63) is 87.4 Å². The Hall–Kier alpha value is -2.67. The molecule has 0 aliphatic heterocycles. The average Bonchev–Trinajstić information content (AvgIpc) is 3.54. The molecule has 0 aliphatic carbocycles. The minimum absolute atomic E-state index is 0.157. The Morgan fingerprint density at radius 2 is 1.74 bits per heavy atom. The summed E-state index contributed by atoms with van der Waals surface area (Å²) < 4.78 is 2.42. The highest BCUT2D eigenvalue weighted by Gasteiger charge is 2.13. The molecule has 0 atom stereocenters. The fourth-order valence-electron chi connectivity index (χ4n) is 3.44. The van der Waals surface area contributed by atoms with Crippen LogP contribution in [0.5, 0.6) is 0 Å². The summed E-state index contributed by atoms with van der Waals surface area (Å²) in [6, 6.07) is 18.5. The number of nitrogens with zero attached hydrogens (tertiary/aromatic N) is 3. The maximum Gasteiger partial charge on any atom is 0.255 e. The molecule has 2 amide bonds. The molecule has 39 heavy (non-hydrogen) atoms. The van der Waals surface area contributed by atoms with Crippen molar-refractivity contribution < 1.29 is 9.59 Å². The number of carbonyl (C=O) groups excluding carboxylic acids is 2. The van der Waals surface area contributed by atoms with Gasteiger partial charge < -0.3 is 5.32 Å². The van der Waals surface area contributed by atoms with Crippen molar-refractivity contribution in [3.63, 3.8) is 0 Å². The van der Waals surface area contributed by atoms with Crippen molar-refractivity contribution in [2.24, 2.45) is 0 Å². The van der Waals surface area contributed by atoms with Gasteiger partial charge in [-0.25, -0.2) is 4.98 Å². The van der Waals surface area contributed by atoms with Crippen LogP contribution in [0.4, 0.5) is 10.8 Å². The van der Waals surface area contributed by atoms with Crippen LogP contribution in [0.15, 0.2) is 69.3 Å². The molecule has 0 unspecified atom stereocenters. The van der Waals surface area contributed by atoms with E-state index < -0.39 is 0 Å². The molecule has 0 radical (unpaired) electrons. The Kier molecular flexibility index (Phi) is 9.06. The maximum atomic E-state index is 12.6. The molecule has 0 spiro atoms. The van der Waals surface area contributed by atoms with E-state index in [1.54, 1.807) is 12.1 Å². The highest BCUT2D eigenvalue weighted by molar-refractivity contribution is 8.01. The second-order valence-corrected chi connectivity index (χ2v) is 13.4. The molecule has 0 saturated heterocycles. The second kappa shape index (κ2) is 12.7. The van der Waals surface area contributed by atoms with Crippen LogP contribution >= 0.6 is 69.4 Å². The quantitative estimate of drug-likeness (QED) is 0.125. The highest BCUT2D eigenvalue weighted by Crippen LogP contribution is 2.33. The SMILES string of the molecule is Cc1ccccc1C(=O)Nc1ccc2nc(SCC(=O)Nc3nnc(SCc4ccc(Cl)c(Cl)c4)s3)sc2c1. The van der Waals surface area contributed by atoms with Gasteiger partial charge in [0.25, 0.3) is 5.91 Å². The number of aryl methyl sites for hydroxylation is 1. The first-order valence-corrected chi connectivity index (χ1v) is 15.8. The molecule has 3 aromatic carbocycles. The smallest absolute Gasteiger partial charge is 0.255 e. The number of nitrogens with one attached hydrogen (secondary N) is 2. The first kappa shape index (κ1) is 27.9. The van der Waals surface area contributed by atoms with Gasteiger partial charge in [0.15, 0.2) is 8.68 Å². The van der Waals surface area contributed by atoms with E-state index in [-0.39, 0.29) is 17.6 Å². The van der Waals surface area contributed by atoms with E-state index in [0.717, 1.165) is 30.0 Å². The van der Waals surface area contributed by atoms with Gasteiger partial charge in [-0.2, -0.15) is 0 Å². The van der Waals surface area contributed by atoms with E-state index in [9.17, 15) is 9.59 Å². The van der Waals surface area contributed by atoms with Crippen LogP contribution in [0, 0.1) is 6.92 Å². The standard InChI is InChI=1S/C26H19Cl2N5O2S4/c1-14-4-2-3-5-17(14)23(35)29-16-7-9-20-21(11-16)38-25(30-20)37-13-22(34)31-24-32-33-26(39-24)36-12-15-6-8-18(27)19(28)10-15/h2-11H,12-13H2,1H3,(H,29,35)(H,31,32,34). The number of thiazole rings is 1. The third-order valence-electron chi connectivity index (χ3n) is 5.34. The molecular formula is C26H19Cl2N5O2S4. The summed E-state index contributed by atoms with van der Waals surface area (Å²) in [4.78, 5) is 29.7. The van der Waals surface area contributed by atoms with E-state index >= 15 is 0 Å². The molecule has 0 aliphatic rings. The van der Waals surface area contributed by atoms with Crippen molar-refractivity contribution in [1.29, 1.82) is 0 Å². The first-order valence-electron chi connectivity index (χ1n) is 11.4. The molecule has 13 heteroatoms. The van der Waals surface area contributed by atoms with Gasteiger partial charge >= 0.3 is 0 Å². The largest absolute Gasteiger partial charge is 0.322 e. The van der Waals surface area contributed by atoms with Gasteiger partial charge in [0.1, 0.15) is 0 Å². The third kappa shape index (κ3) is 7.30. The molecule has 198 valence electrons. The fraction of sp³-hybridized carbons (Fsp3) is 0.115. The predicted octanol–water partition coefficient (Wildman–Crippen LogP) is 8.04. The summed E-state index contributed by atoms with van der Waals surface area (Å²) >= 11 is 17.7. The summed E-state index contributed by atoms with van der Waals surface area (Å²) in [5.41, 5.74) is 4.07. The summed E-state index contributed by atoms with van der Waals surface area (Å²) in [5, 5.41) is 15.4. The maximum absolute atomic E-state index is 12.6. The van der Waals surface area contributed by atoms with Gasteiger partial charge in [0.2, 0.25) is 11.0 Å². The van der Waals surface area contributed by atoms with Crippen LogP contribution in [-0.2, 0) is 10.5 Å². The van der Waals surface area contributed by atoms with Gasteiger partial charge in [-0.1, -0.05) is 82.3 Å². The summed E-state index contributed by atoms with van der Waals surface area (Å²) in [7, 11) is 0. The lowest BCUT2D eigenvalue weighted by Crippen LogP contribution is -2.13. The highest BCUT2D eigenvalue weighted by atomic mass is 35.5. The predicted molar refractivity (Wildman–Crippen MR) is 164 cm³/mol. The fourth-order valence-corrected chi connectivity index (χ4v) is 7.38. The number of halogens is 2. The Morgan fingerprint density at radius 1 is 0.897 bits per heavy atom. The van der Waals surface area contributed by atoms with Crippen LogP contribution in [0.2, 0.25) is 10.0 Å². The lowest BCUT2D eigenvalue weighted by molar-refractivity contribution is -0.113. The number of carbonyl (C=O) groups is 2. The molecule has 2 N–H and O–H groups in total. The van der Waals surface area contributed by atoms with Crippen LogP contribution < -0.4 is 10.6 Å². The van der Waals surface area contributed by atoms with Crippen molar-refractivity contribution in [1.82, 2.24) is 15.2 Å². The number of hydrogen-bond acceptors (Lipinski definition) is 9. The number of rotatable bonds is 9.